The molecule has 1 aromatic rings. The Labute approximate surface area is 129 Å². The van der Waals surface area contributed by atoms with Crippen LogP contribution in [0.5, 0.6) is 0 Å². The summed E-state index contributed by atoms with van der Waals surface area (Å²) in [5.41, 5.74) is 0.463. The minimum absolute atomic E-state index is 0.121. The van der Waals surface area contributed by atoms with E-state index in [1.807, 2.05) is 24.3 Å². The van der Waals surface area contributed by atoms with Crippen LogP contribution in [0.1, 0.15) is 24.3 Å². The fraction of sp³-hybridized carbons (Fsp3) is 0.400. The molecule has 2 atom stereocenters. The van der Waals surface area contributed by atoms with Gasteiger partial charge < -0.3 is 4.90 Å². The molecular weight excluding hydrogens is 345 g/mol. The highest BCUT2D eigenvalue weighted by atomic mass is 79.9. The molecule has 21 heavy (non-hydrogen) atoms. The van der Waals surface area contributed by atoms with Crippen molar-refractivity contribution in [3.8, 4) is 0 Å². The van der Waals surface area contributed by atoms with Gasteiger partial charge in [0.25, 0.3) is 0 Å². The molecule has 2 aliphatic rings. The second-order valence-corrected chi connectivity index (χ2v) is 6.26. The van der Waals surface area contributed by atoms with Crippen LogP contribution in [0.25, 0.3) is 0 Å². The Morgan fingerprint density at radius 3 is 2.43 bits per heavy atom. The van der Waals surface area contributed by atoms with Crippen LogP contribution in [0.15, 0.2) is 46.1 Å². The van der Waals surface area contributed by atoms with Gasteiger partial charge in [0.15, 0.2) is 0 Å². The van der Waals surface area contributed by atoms with Crippen molar-refractivity contribution in [2.75, 3.05) is 6.54 Å². The van der Waals surface area contributed by atoms with Crippen molar-refractivity contribution in [3.63, 3.8) is 0 Å². The van der Waals surface area contributed by atoms with Gasteiger partial charge in [0.05, 0.1) is 6.54 Å². The monoisotopic (exact) mass is 358 g/mol. The lowest BCUT2D eigenvalue weighted by Crippen LogP contribution is -2.48. The molecule has 1 saturated carbocycles. The summed E-state index contributed by atoms with van der Waals surface area (Å²) < 4.78 is 39.3. The molecule has 0 saturated heterocycles. The normalized spacial score (nSPS) is 25.5. The van der Waals surface area contributed by atoms with E-state index in [0.717, 1.165) is 17.3 Å². The maximum absolute atomic E-state index is 12.8. The summed E-state index contributed by atoms with van der Waals surface area (Å²) in [6.45, 7) is -0.155. The minimum Gasteiger partial charge on any atom is -0.367 e. The highest BCUT2D eigenvalue weighted by molar-refractivity contribution is 9.10. The molecular formula is C15H14BrF3N2. The molecule has 0 amide bonds. The van der Waals surface area contributed by atoms with Gasteiger partial charge in [-0.05, 0) is 30.5 Å². The molecule has 112 valence electrons. The first kappa shape index (κ1) is 14.6. The van der Waals surface area contributed by atoms with Crippen LogP contribution in [-0.2, 0) is 0 Å². The minimum atomic E-state index is -4.35. The van der Waals surface area contributed by atoms with E-state index >= 15 is 0 Å². The summed E-state index contributed by atoms with van der Waals surface area (Å²) in [4.78, 5) is 5.23. The van der Waals surface area contributed by atoms with Crippen molar-refractivity contribution in [1.29, 1.82) is 0 Å². The number of hydrogen-bond donors (Lipinski definition) is 0. The number of hydrogen-bond acceptors (Lipinski definition) is 2. The van der Waals surface area contributed by atoms with Gasteiger partial charge in [0.2, 0.25) is 0 Å². The van der Waals surface area contributed by atoms with Crippen LogP contribution < -0.4 is 0 Å². The molecule has 0 bridgehead atoms. The summed E-state index contributed by atoms with van der Waals surface area (Å²) >= 11 is 3.39. The Morgan fingerprint density at radius 2 is 1.86 bits per heavy atom. The Morgan fingerprint density at radius 1 is 1.14 bits per heavy atom. The third-order valence-electron chi connectivity index (χ3n) is 4.11. The van der Waals surface area contributed by atoms with E-state index in [1.165, 1.54) is 11.8 Å². The quantitative estimate of drug-likeness (QED) is 0.760. The molecule has 0 radical (unpaired) electrons. The van der Waals surface area contributed by atoms with E-state index in [9.17, 15) is 13.2 Å². The predicted molar refractivity (Wildman–Crippen MR) is 79.2 cm³/mol. The number of rotatable bonds is 2. The van der Waals surface area contributed by atoms with Crippen LogP contribution in [0.3, 0.4) is 0 Å². The fourth-order valence-corrected chi connectivity index (χ4v) is 3.11. The number of halogens is 4. The van der Waals surface area contributed by atoms with Crippen LogP contribution in [-0.4, -0.2) is 29.4 Å². The Kier molecular flexibility index (Phi) is 3.82. The van der Waals surface area contributed by atoms with Gasteiger partial charge in [-0.2, -0.15) is 13.2 Å². The predicted octanol–water partition coefficient (Wildman–Crippen LogP) is 4.49. The third kappa shape index (κ3) is 3.00. The molecule has 1 aliphatic carbocycles. The van der Waals surface area contributed by atoms with E-state index in [-0.39, 0.29) is 18.5 Å². The molecule has 1 heterocycles. The molecule has 0 unspecified atom stereocenters. The van der Waals surface area contributed by atoms with Crippen molar-refractivity contribution in [1.82, 2.24) is 4.90 Å². The highest BCUT2D eigenvalue weighted by Gasteiger charge is 2.41. The average molecular weight is 359 g/mol. The second kappa shape index (κ2) is 5.48. The third-order valence-corrected chi connectivity index (χ3v) is 4.64. The fourth-order valence-electron chi connectivity index (χ4n) is 2.84. The lowest BCUT2D eigenvalue weighted by atomic mass is 9.74. The maximum Gasteiger partial charge on any atom is 0.431 e. The highest BCUT2D eigenvalue weighted by Crippen LogP contribution is 2.41. The molecule has 2 nitrogen and oxygen atoms in total. The number of nitrogens with zero attached hydrogens (tertiary/aromatic N) is 2. The van der Waals surface area contributed by atoms with E-state index in [2.05, 4.69) is 20.9 Å². The van der Waals surface area contributed by atoms with Crippen LogP contribution in [0.2, 0.25) is 0 Å². The second-order valence-electron chi connectivity index (χ2n) is 5.35. The summed E-state index contributed by atoms with van der Waals surface area (Å²) in [6, 6.07) is 8.13. The molecule has 1 fully saturated rings. The maximum atomic E-state index is 12.8. The van der Waals surface area contributed by atoms with E-state index in [1.54, 1.807) is 11.1 Å². The smallest absolute Gasteiger partial charge is 0.367 e. The Hall–Kier alpha value is -1.30. The average Bonchev–Trinajstić information content (AvgIpc) is 2.39. The molecule has 0 aromatic heterocycles. The first-order chi connectivity index (χ1) is 9.95. The van der Waals surface area contributed by atoms with Gasteiger partial charge in [0.1, 0.15) is 5.71 Å². The zero-order chi connectivity index (χ0) is 15.0. The zero-order valence-corrected chi connectivity index (χ0v) is 12.7. The van der Waals surface area contributed by atoms with Gasteiger partial charge in [-0.15, -0.1) is 0 Å². The van der Waals surface area contributed by atoms with E-state index in [4.69, 9.17) is 0 Å². The van der Waals surface area contributed by atoms with Crippen LogP contribution in [0, 0.1) is 0 Å². The van der Waals surface area contributed by atoms with E-state index < -0.39 is 11.9 Å². The largest absolute Gasteiger partial charge is 0.431 e. The van der Waals surface area contributed by atoms with Crippen molar-refractivity contribution in [3.05, 3.63) is 46.7 Å². The zero-order valence-electron chi connectivity index (χ0n) is 11.1. The van der Waals surface area contributed by atoms with Gasteiger partial charge in [-0.3, -0.25) is 4.99 Å². The number of alkyl halides is 3. The molecule has 0 spiro atoms. The van der Waals surface area contributed by atoms with Gasteiger partial charge in [-0.25, -0.2) is 0 Å². The van der Waals surface area contributed by atoms with Crippen molar-refractivity contribution in [2.24, 2.45) is 4.99 Å². The lowest BCUT2D eigenvalue weighted by Gasteiger charge is -2.45. The Balaban J connectivity index is 1.72. The summed E-state index contributed by atoms with van der Waals surface area (Å²) in [5.74, 6) is 0.287. The number of aliphatic imine (C=N–C) groups is 1. The van der Waals surface area contributed by atoms with Crippen LogP contribution in [0.4, 0.5) is 13.2 Å². The molecule has 0 N–H and O–H groups in total. The van der Waals surface area contributed by atoms with E-state index in [0.29, 0.717) is 0 Å². The van der Waals surface area contributed by atoms with Gasteiger partial charge in [-0.1, -0.05) is 28.1 Å². The molecule has 1 aromatic carbocycles. The summed E-state index contributed by atoms with van der Waals surface area (Å²) in [5, 5.41) is 0. The van der Waals surface area contributed by atoms with Gasteiger partial charge in [0, 0.05) is 28.8 Å². The molecule has 6 heteroatoms. The van der Waals surface area contributed by atoms with Crippen LogP contribution >= 0.6 is 15.9 Å². The Bertz CT molecular complexity index is 578. The first-order valence-electron chi connectivity index (χ1n) is 6.77. The van der Waals surface area contributed by atoms with Gasteiger partial charge >= 0.3 is 6.18 Å². The summed E-state index contributed by atoms with van der Waals surface area (Å²) in [7, 11) is 0. The van der Waals surface area contributed by atoms with Crippen molar-refractivity contribution >= 4 is 21.6 Å². The standard InChI is InChI=1S/C15H14BrF3N2/c16-11-3-1-10(2-4-11)12-5-6-13(12)21-8-7-20-14(9-21)15(17,18)19/h1-4,7-8,12-13H,5-6,9H2/t12-,13-/m0/s1. The molecule has 1 aliphatic heterocycles. The SMILES string of the molecule is FC(F)(F)C1=NC=CN([C@H]2CC[C@H]2c2ccc(Br)cc2)C1. The summed E-state index contributed by atoms with van der Waals surface area (Å²) in [6.07, 6.45) is 0.499. The molecule has 3 rings (SSSR count). The topological polar surface area (TPSA) is 15.6 Å². The lowest BCUT2D eigenvalue weighted by molar-refractivity contribution is -0.0621. The number of benzene rings is 1. The van der Waals surface area contributed by atoms with Crippen molar-refractivity contribution in [2.45, 2.75) is 31.0 Å². The first-order valence-corrected chi connectivity index (χ1v) is 7.56. The van der Waals surface area contributed by atoms with Crippen molar-refractivity contribution < 1.29 is 13.2 Å².